The summed E-state index contributed by atoms with van der Waals surface area (Å²) in [7, 11) is -3.17. The summed E-state index contributed by atoms with van der Waals surface area (Å²) in [6.07, 6.45) is 0.787. The third-order valence-electron chi connectivity index (χ3n) is 5.04. The summed E-state index contributed by atoms with van der Waals surface area (Å²) in [6.45, 7) is 2.04. The Balaban J connectivity index is 1.84. The number of fused-ring (bicyclic) bond motifs is 1. The van der Waals surface area contributed by atoms with Crippen molar-refractivity contribution in [1.82, 2.24) is 0 Å². The largest absolute Gasteiger partial charge is 0.329 e. The molecule has 2 saturated heterocycles. The number of hydrogen-bond acceptors (Lipinski definition) is 3. The van der Waals surface area contributed by atoms with Gasteiger partial charge in [0.1, 0.15) is 0 Å². The molecule has 5 nitrogen and oxygen atoms in total. The molecule has 0 aliphatic carbocycles. The molecule has 0 unspecified atom stereocenters. The Labute approximate surface area is 147 Å². The molecule has 0 radical (unpaired) electrons. The van der Waals surface area contributed by atoms with E-state index in [4.69, 9.17) is 0 Å². The molecule has 2 heterocycles. The minimum atomic E-state index is -3.17. The molecule has 130 valence electrons. The van der Waals surface area contributed by atoms with E-state index < -0.39 is 9.84 Å². The van der Waals surface area contributed by atoms with Crippen LogP contribution in [0.25, 0.3) is 0 Å². The smallest absolute Gasteiger partial charge is 0.288 e. The highest BCUT2D eigenvalue weighted by atomic mass is 32.2. The van der Waals surface area contributed by atoms with E-state index in [1.54, 1.807) is 9.80 Å². The molecular formula is C19H20N2O3S. The van der Waals surface area contributed by atoms with Crippen LogP contribution in [0.2, 0.25) is 0 Å². The SMILES string of the molecule is CCc1ccccc1N1C(=O)N(c2ccccc2)[C@H]2CS(=O)(=O)C[C@H]21. The zero-order valence-corrected chi connectivity index (χ0v) is 14.8. The molecule has 2 amide bonds. The van der Waals surface area contributed by atoms with Gasteiger partial charge in [0.05, 0.1) is 23.6 Å². The predicted molar refractivity (Wildman–Crippen MR) is 98.8 cm³/mol. The molecule has 0 spiro atoms. The molecule has 2 atom stereocenters. The third kappa shape index (κ3) is 2.61. The minimum absolute atomic E-state index is 0.0170. The molecule has 25 heavy (non-hydrogen) atoms. The summed E-state index contributed by atoms with van der Waals surface area (Å²) < 4.78 is 24.6. The molecule has 4 rings (SSSR count). The van der Waals surface area contributed by atoms with Crippen LogP contribution in [-0.2, 0) is 16.3 Å². The Morgan fingerprint density at radius 1 is 0.920 bits per heavy atom. The van der Waals surface area contributed by atoms with Crippen LogP contribution in [0.15, 0.2) is 54.6 Å². The van der Waals surface area contributed by atoms with E-state index >= 15 is 0 Å². The normalized spacial score (nSPS) is 24.6. The van der Waals surface area contributed by atoms with Crippen LogP contribution < -0.4 is 9.80 Å². The van der Waals surface area contributed by atoms with Crippen molar-refractivity contribution in [3.05, 3.63) is 60.2 Å². The maximum atomic E-state index is 13.3. The van der Waals surface area contributed by atoms with E-state index in [0.717, 1.165) is 23.4 Å². The second-order valence-electron chi connectivity index (χ2n) is 6.55. The molecular weight excluding hydrogens is 336 g/mol. The van der Waals surface area contributed by atoms with Gasteiger partial charge in [-0.2, -0.15) is 0 Å². The van der Waals surface area contributed by atoms with E-state index in [2.05, 4.69) is 0 Å². The van der Waals surface area contributed by atoms with E-state index in [1.807, 2.05) is 61.5 Å². The molecule has 2 fully saturated rings. The number of benzene rings is 2. The summed E-state index contributed by atoms with van der Waals surface area (Å²) >= 11 is 0. The van der Waals surface area contributed by atoms with Gasteiger partial charge in [-0.25, -0.2) is 13.2 Å². The van der Waals surface area contributed by atoms with Crippen LogP contribution in [0, 0.1) is 0 Å². The monoisotopic (exact) mass is 356 g/mol. The topological polar surface area (TPSA) is 57.7 Å². The van der Waals surface area contributed by atoms with Crippen molar-refractivity contribution in [1.29, 1.82) is 0 Å². The van der Waals surface area contributed by atoms with Gasteiger partial charge in [0.25, 0.3) is 0 Å². The number of nitrogens with zero attached hydrogens (tertiary/aromatic N) is 2. The van der Waals surface area contributed by atoms with E-state index in [9.17, 15) is 13.2 Å². The van der Waals surface area contributed by atoms with Crippen molar-refractivity contribution in [2.75, 3.05) is 21.3 Å². The summed E-state index contributed by atoms with van der Waals surface area (Å²) in [5, 5.41) is 0. The maximum Gasteiger partial charge on any atom is 0.329 e. The lowest BCUT2D eigenvalue weighted by Gasteiger charge is -2.24. The lowest BCUT2D eigenvalue weighted by Crippen LogP contribution is -2.38. The van der Waals surface area contributed by atoms with Crippen molar-refractivity contribution >= 4 is 27.2 Å². The van der Waals surface area contributed by atoms with Crippen molar-refractivity contribution in [3.8, 4) is 0 Å². The summed E-state index contributed by atoms with van der Waals surface area (Å²) in [5.41, 5.74) is 2.62. The number of sulfone groups is 1. The minimum Gasteiger partial charge on any atom is -0.288 e. The summed E-state index contributed by atoms with van der Waals surface area (Å²) in [5.74, 6) is 0.0356. The first-order valence-electron chi connectivity index (χ1n) is 8.47. The van der Waals surface area contributed by atoms with Crippen molar-refractivity contribution in [3.63, 3.8) is 0 Å². The fourth-order valence-electron chi connectivity index (χ4n) is 3.92. The van der Waals surface area contributed by atoms with Crippen molar-refractivity contribution in [2.24, 2.45) is 0 Å². The maximum absolute atomic E-state index is 13.3. The highest BCUT2D eigenvalue weighted by molar-refractivity contribution is 7.91. The number of para-hydroxylation sites is 2. The van der Waals surface area contributed by atoms with Crippen molar-refractivity contribution < 1.29 is 13.2 Å². The fourth-order valence-corrected chi connectivity index (χ4v) is 5.84. The first-order valence-corrected chi connectivity index (χ1v) is 10.3. The van der Waals surface area contributed by atoms with Crippen LogP contribution in [0.5, 0.6) is 0 Å². The molecule has 2 aliphatic heterocycles. The van der Waals surface area contributed by atoms with Crippen LogP contribution in [0.3, 0.4) is 0 Å². The summed E-state index contributed by atoms with van der Waals surface area (Å²) in [4.78, 5) is 16.6. The Kier molecular flexibility index (Phi) is 3.80. The van der Waals surface area contributed by atoms with Gasteiger partial charge in [0.15, 0.2) is 9.84 Å². The Bertz CT molecular complexity index is 911. The lowest BCUT2D eigenvalue weighted by molar-refractivity contribution is 0.255. The molecule has 0 aromatic heterocycles. The van der Waals surface area contributed by atoms with Gasteiger partial charge in [-0.3, -0.25) is 9.80 Å². The zero-order chi connectivity index (χ0) is 17.6. The highest BCUT2D eigenvalue weighted by Crippen LogP contribution is 2.39. The quantitative estimate of drug-likeness (QED) is 0.795. The van der Waals surface area contributed by atoms with Gasteiger partial charge in [-0.1, -0.05) is 43.3 Å². The van der Waals surface area contributed by atoms with Gasteiger partial charge in [-0.05, 0) is 30.2 Å². The zero-order valence-electron chi connectivity index (χ0n) is 14.0. The molecule has 0 bridgehead atoms. The van der Waals surface area contributed by atoms with Gasteiger partial charge < -0.3 is 0 Å². The summed E-state index contributed by atoms with van der Waals surface area (Å²) in [6, 6.07) is 16.2. The number of carbonyl (C=O) groups excluding carboxylic acids is 1. The number of urea groups is 1. The first-order chi connectivity index (χ1) is 12.0. The Morgan fingerprint density at radius 3 is 2.20 bits per heavy atom. The van der Waals surface area contributed by atoms with Gasteiger partial charge in [0, 0.05) is 11.4 Å². The second-order valence-corrected chi connectivity index (χ2v) is 8.71. The van der Waals surface area contributed by atoms with Gasteiger partial charge >= 0.3 is 6.03 Å². The fraction of sp³-hybridized carbons (Fsp3) is 0.316. The van der Waals surface area contributed by atoms with Gasteiger partial charge in [-0.15, -0.1) is 0 Å². The molecule has 0 N–H and O–H groups in total. The number of aryl methyl sites for hydroxylation is 1. The third-order valence-corrected chi connectivity index (χ3v) is 6.73. The number of carbonyl (C=O) groups is 1. The standard InChI is InChI=1S/C19H20N2O3S/c1-2-14-8-6-7-11-16(14)21-18-13-25(23,24)12-17(18)20(19(21)22)15-9-4-3-5-10-15/h3-11,17-18H,2,12-13H2,1H3/t17-,18+/m0/s1. The average molecular weight is 356 g/mol. The van der Waals surface area contributed by atoms with Gasteiger partial charge in [0.2, 0.25) is 0 Å². The van der Waals surface area contributed by atoms with Crippen LogP contribution in [0.4, 0.5) is 16.2 Å². The predicted octanol–water partition coefficient (Wildman–Crippen LogP) is 2.86. The molecule has 2 aliphatic rings. The van der Waals surface area contributed by atoms with Crippen molar-refractivity contribution in [2.45, 2.75) is 25.4 Å². The Hall–Kier alpha value is -2.34. The first kappa shape index (κ1) is 16.1. The molecule has 2 aromatic rings. The second kappa shape index (κ2) is 5.88. The number of amides is 2. The van der Waals surface area contributed by atoms with Crippen LogP contribution in [0.1, 0.15) is 12.5 Å². The molecule has 2 aromatic carbocycles. The lowest BCUT2D eigenvalue weighted by atomic mass is 10.1. The number of rotatable bonds is 3. The van der Waals surface area contributed by atoms with Crippen LogP contribution in [-0.4, -0.2) is 38.0 Å². The van der Waals surface area contributed by atoms with E-state index in [0.29, 0.717) is 0 Å². The van der Waals surface area contributed by atoms with Crippen LogP contribution >= 0.6 is 0 Å². The van der Waals surface area contributed by atoms with E-state index in [-0.39, 0.29) is 29.6 Å². The van der Waals surface area contributed by atoms with E-state index in [1.165, 1.54) is 0 Å². The number of hydrogen-bond donors (Lipinski definition) is 0. The molecule has 6 heteroatoms. The average Bonchev–Trinajstić information content (AvgIpc) is 3.04. The Morgan fingerprint density at radius 2 is 1.52 bits per heavy atom. The number of anilines is 2. The highest BCUT2D eigenvalue weighted by Gasteiger charge is 2.54. The molecule has 0 saturated carbocycles.